The molecule has 0 aromatic heterocycles. The molecule has 1 fully saturated rings. The van der Waals surface area contributed by atoms with Gasteiger partial charge in [0, 0.05) is 6.61 Å². The Morgan fingerprint density at radius 2 is 2.08 bits per heavy atom. The van der Waals surface area contributed by atoms with Gasteiger partial charge in [0.2, 0.25) is 0 Å². The Morgan fingerprint density at radius 1 is 1.38 bits per heavy atom. The Bertz CT molecular complexity index is 161. The molecule has 0 bridgehead atoms. The molecule has 0 radical (unpaired) electrons. The van der Waals surface area contributed by atoms with Gasteiger partial charge in [-0.3, -0.25) is 0 Å². The Morgan fingerprint density at radius 3 is 2.54 bits per heavy atom. The summed E-state index contributed by atoms with van der Waals surface area (Å²) in [5, 5.41) is 36.4. The van der Waals surface area contributed by atoms with E-state index < -0.39 is 24.4 Å². The molecule has 0 aromatic carbocycles. The first-order valence-electron chi connectivity index (χ1n) is 4.38. The molecule has 1 rings (SSSR count). The average molecular weight is 192 g/mol. The van der Waals surface area contributed by atoms with Crippen LogP contribution in [0.1, 0.15) is 12.8 Å². The second kappa shape index (κ2) is 4.34. The third-order valence-corrected chi connectivity index (χ3v) is 2.37. The highest BCUT2D eigenvalue weighted by atomic mass is 16.5. The van der Waals surface area contributed by atoms with Gasteiger partial charge in [-0.15, -0.1) is 0 Å². The number of aliphatic hydroxyl groups is 4. The molecule has 0 aromatic rings. The van der Waals surface area contributed by atoms with Crippen LogP contribution >= 0.6 is 0 Å². The second-order valence-corrected chi connectivity index (χ2v) is 3.42. The van der Waals surface area contributed by atoms with Crippen LogP contribution < -0.4 is 0 Å². The fraction of sp³-hybridized carbons (Fsp3) is 1.00. The van der Waals surface area contributed by atoms with Crippen LogP contribution in [-0.4, -0.2) is 58.1 Å². The zero-order chi connectivity index (χ0) is 9.90. The summed E-state index contributed by atoms with van der Waals surface area (Å²) in [6, 6.07) is 0. The maximum atomic E-state index is 9.55. The summed E-state index contributed by atoms with van der Waals surface area (Å²) < 4.78 is 5.10. The van der Waals surface area contributed by atoms with Crippen molar-refractivity contribution in [2.24, 2.45) is 0 Å². The molecule has 5 heteroatoms. The van der Waals surface area contributed by atoms with E-state index in [0.717, 1.165) is 0 Å². The normalized spacial score (nSPS) is 39.7. The van der Waals surface area contributed by atoms with Gasteiger partial charge in [0.15, 0.2) is 0 Å². The Hall–Kier alpha value is -0.200. The number of hydrogen-bond donors (Lipinski definition) is 4. The van der Waals surface area contributed by atoms with Crippen molar-refractivity contribution in [1.29, 1.82) is 0 Å². The van der Waals surface area contributed by atoms with Crippen molar-refractivity contribution in [3.8, 4) is 0 Å². The molecule has 78 valence electrons. The van der Waals surface area contributed by atoms with E-state index >= 15 is 0 Å². The fourth-order valence-electron chi connectivity index (χ4n) is 1.45. The molecule has 0 aliphatic carbocycles. The topological polar surface area (TPSA) is 90.2 Å². The lowest BCUT2D eigenvalue weighted by Crippen LogP contribution is -2.46. The molecule has 1 unspecified atom stereocenters. The smallest absolute Gasteiger partial charge is 0.139 e. The first kappa shape index (κ1) is 10.9. The molecule has 5 nitrogen and oxygen atoms in total. The van der Waals surface area contributed by atoms with Crippen LogP contribution in [0.2, 0.25) is 0 Å². The van der Waals surface area contributed by atoms with Crippen LogP contribution in [-0.2, 0) is 4.74 Å². The second-order valence-electron chi connectivity index (χ2n) is 3.42. The standard InChI is InChI=1S/C8H16O5/c9-3-1-2-6-7(11)8(12,4-10)5-13-6/h6-7,9-12H,1-5H2/t6?,7-,8+/m0/s1. The van der Waals surface area contributed by atoms with Gasteiger partial charge in [-0.2, -0.15) is 0 Å². The van der Waals surface area contributed by atoms with E-state index in [1.807, 2.05) is 0 Å². The number of rotatable bonds is 4. The molecule has 1 heterocycles. The van der Waals surface area contributed by atoms with Gasteiger partial charge in [-0.1, -0.05) is 0 Å². The lowest BCUT2D eigenvalue weighted by atomic mass is 9.95. The van der Waals surface area contributed by atoms with Crippen molar-refractivity contribution in [3.63, 3.8) is 0 Å². The van der Waals surface area contributed by atoms with Gasteiger partial charge in [-0.25, -0.2) is 0 Å². The number of aliphatic hydroxyl groups excluding tert-OH is 3. The Kier molecular flexibility index (Phi) is 3.63. The molecule has 3 atom stereocenters. The summed E-state index contributed by atoms with van der Waals surface area (Å²) in [4.78, 5) is 0. The Labute approximate surface area is 76.6 Å². The van der Waals surface area contributed by atoms with Crippen LogP contribution in [0.15, 0.2) is 0 Å². The predicted molar refractivity (Wildman–Crippen MR) is 44.1 cm³/mol. The van der Waals surface area contributed by atoms with Crippen molar-refractivity contribution in [3.05, 3.63) is 0 Å². The summed E-state index contributed by atoms with van der Waals surface area (Å²) in [7, 11) is 0. The molecular formula is C8H16O5. The minimum atomic E-state index is -1.53. The van der Waals surface area contributed by atoms with Crippen LogP contribution in [0.25, 0.3) is 0 Å². The maximum Gasteiger partial charge on any atom is 0.139 e. The zero-order valence-corrected chi connectivity index (χ0v) is 7.39. The van der Waals surface area contributed by atoms with Crippen LogP contribution in [0.3, 0.4) is 0 Å². The summed E-state index contributed by atoms with van der Waals surface area (Å²) in [5.74, 6) is 0. The van der Waals surface area contributed by atoms with Crippen molar-refractivity contribution < 1.29 is 25.2 Å². The maximum absolute atomic E-state index is 9.55. The van der Waals surface area contributed by atoms with Crippen LogP contribution in [0.4, 0.5) is 0 Å². The van der Waals surface area contributed by atoms with E-state index in [1.54, 1.807) is 0 Å². The highest BCUT2D eigenvalue weighted by Gasteiger charge is 2.46. The van der Waals surface area contributed by atoms with E-state index in [2.05, 4.69) is 0 Å². The largest absolute Gasteiger partial charge is 0.396 e. The van der Waals surface area contributed by atoms with E-state index in [4.69, 9.17) is 14.9 Å². The molecule has 1 aliphatic rings. The van der Waals surface area contributed by atoms with Crippen molar-refractivity contribution in [2.75, 3.05) is 19.8 Å². The quantitative estimate of drug-likeness (QED) is 0.424. The van der Waals surface area contributed by atoms with E-state index in [1.165, 1.54) is 0 Å². The van der Waals surface area contributed by atoms with Gasteiger partial charge in [0.25, 0.3) is 0 Å². The molecular weight excluding hydrogens is 176 g/mol. The van der Waals surface area contributed by atoms with Crippen LogP contribution in [0, 0.1) is 0 Å². The van der Waals surface area contributed by atoms with Gasteiger partial charge in [0.05, 0.1) is 19.3 Å². The molecule has 13 heavy (non-hydrogen) atoms. The van der Waals surface area contributed by atoms with Gasteiger partial charge >= 0.3 is 0 Å². The summed E-state index contributed by atoms with van der Waals surface area (Å²) in [5.41, 5.74) is -1.53. The van der Waals surface area contributed by atoms with Crippen molar-refractivity contribution >= 4 is 0 Å². The summed E-state index contributed by atoms with van der Waals surface area (Å²) >= 11 is 0. The molecule has 4 N–H and O–H groups in total. The minimum Gasteiger partial charge on any atom is -0.396 e. The lowest BCUT2D eigenvalue weighted by Gasteiger charge is -2.23. The van der Waals surface area contributed by atoms with Crippen molar-refractivity contribution in [1.82, 2.24) is 0 Å². The zero-order valence-electron chi connectivity index (χ0n) is 7.39. The average Bonchev–Trinajstić information content (AvgIpc) is 2.43. The molecule has 1 saturated heterocycles. The van der Waals surface area contributed by atoms with Crippen LogP contribution in [0.5, 0.6) is 0 Å². The molecule has 0 spiro atoms. The highest BCUT2D eigenvalue weighted by molar-refractivity contribution is 4.96. The van der Waals surface area contributed by atoms with Gasteiger partial charge < -0.3 is 25.2 Å². The Balaban J connectivity index is 2.45. The molecule has 0 saturated carbocycles. The first-order chi connectivity index (χ1) is 6.14. The minimum absolute atomic E-state index is 0.0319. The highest BCUT2D eigenvalue weighted by Crippen LogP contribution is 2.26. The summed E-state index contributed by atoms with van der Waals surface area (Å²) in [6.07, 6.45) is -0.545. The SMILES string of the molecule is OCCCC1OC[C@](O)(CO)[C@H]1O. The van der Waals surface area contributed by atoms with E-state index in [0.29, 0.717) is 12.8 Å². The van der Waals surface area contributed by atoms with E-state index in [-0.39, 0.29) is 13.2 Å². The molecule has 0 amide bonds. The van der Waals surface area contributed by atoms with Gasteiger partial charge in [-0.05, 0) is 12.8 Å². The van der Waals surface area contributed by atoms with Crippen molar-refractivity contribution in [2.45, 2.75) is 30.7 Å². The van der Waals surface area contributed by atoms with E-state index in [9.17, 15) is 10.2 Å². The predicted octanol–water partition coefficient (Wildman–Crippen LogP) is -1.76. The third-order valence-electron chi connectivity index (χ3n) is 2.37. The monoisotopic (exact) mass is 192 g/mol. The fourth-order valence-corrected chi connectivity index (χ4v) is 1.45. The number of hydrogen-bond acceptors (Lipinski definition) is 5. The number of ether oxygens (including phenoxy) is 1. The van der Waals surface area contributed by atoms with Gasteiger partial charge in [0.1, 0.15) is 11.7 Å². The third kappa shape index (κ3) is 2.18. The summed E-state index contributed by atoms with van der Waals surface area (Å²) in [6.45, 7) is -0.533. The molecule has 1 aliphatic heterocycles. The first-order valence-corrected chi connectivity index (χ1v) is 4.38. The lowest BCUT2D eigenvalue weighted by molar-refractivity contribution is -0.0820.